The molecule has 2 aromatic rings. The molecule has 1 unspecified atom stereocenters. The van der Waals surface area contributed by atoms with Crippen LogP contribution in [-0.2, 0) is 28.9 Å². The number of thiophene rings is 1. The first-order chi connectivity index (χ1) is 12.5. The molecule has 1 aliphatic rings. The van der Waals surface area contributed by atoms with Gasteiger partial charge in [-0.1, -0.05) is 13.8 Å². The molecule has 0 radical (unpaired) electrons. The van der Waals surface area contributed by atoms with Gasteiger partial charge in [0.25, 0.3) is 5.56 Å². The lowest BCUT2D eigenvalue weighted by Crippen LogP contribution is -2.35. The largest absolute Gasteiger partial charge is 0.467 e. The summed E-state index contributed by atoms with van der Waals surface area (Å²) in [6, 6.07) is -0.686. The number of ether oxygens (including phenoxy) is 1. The van der Waals surface area contributed by atoms with Crippen LogP contribution in [0.15, 0.2) is 4.79 Å². The predicted octanol–water partition coefficient (Wildman–Crippen LogP) is 2.91. The van der Waals surface area contributed by atoms with E-state index >= 15 is 0 Å². The monoisotopic (exact) mass is 377 g/mol. The molecule has 0 aromatic carbocycles. The number of nitrogens with zero attached hydrogens (tertiary/aromatic N) is 3. The molecular weight excluding hydrogens is 350 g/mol. The average molecular weight is 378 g/mol. The van der Waals surface area contributed by atoms with E-state index in [9.17, 15) is 9.59 Å². The van der Waals surface area contributed by atoms with Crippen molar-refractivity contribution in [1.82, 2.24) is 14.5 Å². The van der Waals surface area contributed by atoms with Crippen molar-refractivity contribution in [3.63, 3.8) is 0 Å². The highest BCUT2D eigenvalue weighted by Crippen LogP contribution is 2.34. The zero-order valence-corrected chi connectivity index (χ0v) is 16.8. The molecule has 2 aromatic heterocycles. The summed E-state index contributed by atoms with van der Waals surface area (Å²) >= 11 is 1.65. The summed E-state index contributed by atoms with van der Waals surface area (Å²) < 4.78 is 6.45. The molecule has 0 N–H and O–H groups in total. The van der Waals surface area contributed by atoms with Crippen molar-refractivity contribution in [2.24, 2.45) is 0 Å². The van der Waals surface area contributed by atoms with Crippen molar-refractivity contribution >= 4 is 27.5 Å². The average Bonchev–Trinajstić information content (AvgIpc) is 3.03. The second-order valence-corrected chi connectivity index (χ2v) is 7.84. The van der Waals surface area contributed by atoms with E-state index < -0.39 is 12.0 Å². The molecule has 0 bridgehead atoms. The van der Waals surface area contributed by atoms with E-state index in [0.29, 0.717) is 17.8 Å². The van der Waals surface area contributed by atoms with Gasteiger partial charge in [-0.05, 0) is 51.3 Å². The Morgan fingerprint density at radius 3 is 2.65 bits per heavy atom. The van der Waals surface area contributed by atoms with Gasteiger partial charge in [0.15, 0.2) is 0 Å². The Hall–Kier alpha value is -1.73. The molecule has 0 spiro atoms. The van der Waals surface area contributed by atoms with Gasteiger partial charge in [-0.15, -0.1) is 11.3 Å². The minimum Gasteiger partial charge on any atom is -0.467 e. The number of hydrogen-bond donors (Lipinski definition) is 0. The second kappa shape index (κ2) is 7.88. The molecule has 0 saturated heterocycles. The highest BCUT2D eigenvalue weighted by molar-refractivity contribution is 7.18. The summed E-state index contributed by atoms with van der Waals surface area (Å²) in [5.74, 6) is 0.223. The molecule has 1 atom stereocenters. The Bertz CT molecular complexity index is 867. The van der Waals surface area contributed by atoms with Gasteiger partial charge in [0, 0.05) is 4.88 Å². The SMILES string of the molecule is CCN(CC)Cc1nc2sc3c(c2c(=O)n1C(C)C(=O)OC)CCCC3. The summed E-state index contributed by atoms with van der Waals surface area (Å²) in [6.45, 7) is 8.14. The molecule has 0 amide bonds. The molecular formula is C19H27N3O3S. The van der Waals surface area contributed by atoms with E-state index in [0.717, 1.165) is 42.7 Å². The van der Waals surface area contributed by atoms with Crippen LogP contribution >= 0.6 is 11.3 Å². The van der Waals surface area contributed by atoms with Gasteiger partial charge < -0.3 is 4.74 Å². The lowest BCUT2D eigenvalue weighted by atomic mass is 9.97. The zero-order valence-electron chi connectivity index (χ0n) is 16.0. The van der Waals surface area contributed by atoms with Crippen LogP contribution in [0.1, 0.15) is 55.9 Å². The number of rotatable bonds is 6. The normalized spacial score (nSPS) is 15.3. The van der Waals surface area contributed by atoms with Crippen LogP contribution in [-0.4, -0.2) is 40.6 Å². The topological polar surface area (TPSA) is 64.4 Å². The Balaban J connectivity index is 2.23. The zero-order chi connectivity index (χ0) is 18.8. The number of aromatic nitrogens is 2. The summed E-state index contributed by atoms with van der Waals surface area (Å²) in [4.78, 5) is 34.7. The molecule has 1 aliphatic carbocycles. The van der Waals surface area contributed by atoms with Gasteiger partial charge in [-0.3, -0.25) is 14.3 Å². The first kappa shape index (κ1) is 19.0. The molecule has 0 fully saturated rings. The van der Waals surface area contributed by atoms with Crippen molar-refractivity contribution in [3.05, 3.63) is 26.6 Å². The fourth-order valence-corrected chi connectivity index (χ4v) is 4.96. The van der Waals surface area contributed by atoms with Crippen molar-refractivity contribution < 1.29 is 9.53 Å². The summed E-state index contributed by atoms with van der Waals surface area (Å²) in [6.07, 6.45) is 4.22. The first-order valence-corrected chi connectivity index (χ1v) is 10.2. The third-order valence-corrected chi connectivity index (χ3v) is 6.47. The van der Waals surface area contributed by atoms with Gasteiger partial charge in [0.1, 0.15) is 16.7 Å². The van der Waals surface area contributed by atoms with Gasteiger partial charge in [-0.25, -0.2) is 9.78 Å². The van der Waals surface area contributed by atoms with E-state index in [1.54, 1.807) is 22.8 Å². The quantitative estimate of drug-likeness (QED) is 0.724. The molecule has 26 heavy (non-hydrogen) atoms. The number of fused-ring (bicyclic) bond motifs is 3. The number of carbonyl (C=O) groups is 1. The van der Waals surface area contributed by atoms with E-state index in [1.807, 2.05) is 0 Å². The Morgan fingerprint density at radius 1 is 1.31 bits per heavy atom. The maximum atomic E-state index is 13.4. The van der Waals surface area contributed by atoms with Crippen LogP contribution < -0.4 is 5.56 Å². The Labute approximate surface area is 157 Å². The van der Waals surface area contributed by atoms with Crippen molar-refractivity contribution in [3.8, 4) is 0 Å². The Kier molecular flexibility index (Phi) is 5.77. The molecule has 7 heteroatoms. The maximum Gasteiger partial charge on any atom is 0.328 e. The summed E-state index contributed by atoms with van der Waals surface area (Å²) in [5.41, 5.74) is 1.04. The standard InChI is InChI=1S/C19H27N3O3S/c1-5-21(6-2)11-15-20-17-16(13-9-7-8-10-14(13)26-17)18(23)22(15)12(3)19(24)25-4/h12H,5-11H2,1-4H3. The number of esters is 1. The van der Waals surface area contributed by atoms with Crippen molar-refractivity contribution in [1.29, 1.82) is 0 Å². The van der Waals surface area contributed by atoms with Crippen LogP contribution in [0.5, 0.6) is 0 Å². The maximum absolute atomic E-state index is 13.4. The molecule has 0 aliphatic heterocycles. The number of aryl methyl sites for hydroxylation is 2. The fourth-order valence-electron chi connectivity index (χ4n) is 3.69. The van der Waals surface area contributed by atoms with E-state index in [1.165, 1.54) is 18.4 Å². The van der Waals surface area contributed by atoms with Gasteiger partial charge in [0.2, 0.25) is 0 Å². The number of methoxy groups -OCH3 is 1. The molecule has 2 heterocycles. The third-order valence-electron chi connectivity index (χ3n) is 5.28. The number of hydrogen-bond acceptors (Lipinski definition) is 6. The van der Waals surface area contributed by atoms with E-state index in [2.05, 4.69) is 18.7 Å². The molecule has 6 nitrogen and oxygen atoms in total. The fraction of sp³-hybridized carbons (Fsp3) is 0.632. The summed E-state index contributed by atoms with van der Waals surface area (Å²) in [5, 5.41) is 0.712. The van der Waals surface area contributed by atoms with Crippen LogP contribution in [0.3, 0.4) is 0 Å². The van der Waals surface area contributed by atoms with Gasteiger partial charge in [-0.2, -0.15) is 0 Å². The third kappa shape index (κ3) is 3.30. The van der Waals surface area contributed by atoms with E-state index in [-0.39, 0.29) is 5.56 Å². The van der Waals surface area contributed by atoms with Crippen molar-refractivity contribution in [2.45, 2.75) is 59.0 Å². The van der Waals surface area contributed by atoms with Crippen LogP contribution in [0.2, 0.25) is 0 Å². The molecule has 3 rings (SSSR count). The van der Waals surface area contributed by atoms with Crippen molar-refractivity contribution in [2.75, 3.05) is 20.2 Å². The molecule has 0 saturated carbocycles. The highest BCUT2D eigenvalue weighted by Gasteiger charge is 2.27. The smallest absolute Gasteiger partial charge is 0.328 e. The minimum absolute atomic E-state index is 0.102. The summed E-state index contributed by atoms with van der Waals surface area (Å²) in [7, 11) is 1.35. The van der Waals surface area contributed by atoms with Crippen LogP contribution in [0.25, 0.3) is 10.2 Å². The number of carbonyl (C=O) groups excluding carboxylic acids is 1. The lowest BCUT2D eigenvalue weighted by Gasteiger charge is -2.22. The first-order valence-electron chi connectivity index (χ1n) is 9.37. The minimum atomic E-state index is -0.686. The molecule has 142 valence electrons. The van der Waals surface area contributed by atoms with Gasteiger partial charge >= 0.3 is 5.97 Å². The van der Waals surface area contributed by atoms with Gasteiger partial charge in [0.05, 0.1) is 19.0 Å². The van der Waals surface area contributed by atoms with Crippen LogP contribution in [0.4, 0.5) is 0 Å². The predicted molar refractivity (Wildman–Crippen MR) is 104 cm³/mol. The second-order valence-electron chi connectivity index (χ2n) is 6.75. The van der Waals surface area contributed by atoms with E-state index in [4.69, 9.17) is 9.72 Å². The lowest BCUT2D eigenvalue weighted by molar-refractivity contribution is -0.144. The van der Waals surface area contributed by atoms with Crippen LogP contribution in [0, 0.1) is 0 Å². The highest BCUT2D eigenvalue weighted by atomic mass is 32.1. The Morgan fingerprint density at radius 2 is 2.00 bits per heavy atom.